The molecule has 0 spiro atoms. The van der Waals surface area contributed by atoms with Gasteiger partial charge in [-0.05, 0) is 0 Å². The van der Waals surface area contributed by atoms with E-state index in [9.17, 15) is 21.6 Å². The van der Waals surface area contributed by atoms with Gasteiger partial charge in [0.05, 0.1) is 12.1 Å². The van der Waals surface area contributed by atoms with E-state index in [1.807, 2.05) is 0 Å². The van der Waals surface area contributed by atoms with Crippen LogP contribution in [0.2, 0.25) is 0 Å². The highest BCUT2D eigenvalue weighted by molar-refractivity contribution is 7.94. The Morgan fingerprint density at radius 1 is 1.24 bits per heavy atom. The molecule has 0 aliphatic rings. The van der Waals surface area contributed by atoms with Crippen LogP contribution >= 0.6 is 11.3 Å². The standard InChI is InChI=1S/C6HF3N4O2S2/c7-6(8,9)4-12-13-5(16-4)17(14,15)3(1-10)2-11/h3H. The Morgan fingerprint density at radius 2 is 1.76 bits per heavy atom. The zero-order valence-electron chi connectivity index (χ0n) is 7.63. The molecule has 0 aliphatic carbocycles. The largest absolute Gasteiger partial charge is 0.445 e. The van der Waals surface area contributed by atoms with Crippen molar-refractivity contribution in [1.29, 1.82) is 10.5 Å². The predicted molar refractivity (Wildman–Crippen MR) is 47.1 cm³/mol. The molecule has 0 radical (unpaired) electrons. The summed E-state index contributed by atoms with van der Waals surface area (Å²) < 4.78 is 58.3. The van der Waals surface area contributed by atoms with Gasteiger partial charge in [0.15, 0.2) is 0 Å². The van der Waals surface area contributed by atoms with Crippen LogP contribution in [0.3, 0.4) is 0 Å². The van der Waals surface area contributed by atoms with E-state index < -0.39 is 30.6 Å². The summed E-state index contributed by atoms with van der Waals surface area (Å²) in [6.07, 6.45) is -4.82. The van der Waals surface area contributed by atoms with E-state index >= 15 is 0 Å². The smallest absolute Gasteiger partial charge is 0.219 e. The number of halogens is 3. The van der Waals surface area contributed by atoms with Crippen LogP contribution in [0.1, 0.15) is 5.01 Å². The highest BCUT2D eigenvalue weighted by Gasteiger charge is 2.39. The molecule has 0 atom stereocenters. The van der Waals surface area contributed by atoms with E-state index in [1.54, 1.807) is 0 Å². The average molecular weight is 282 g/mol. The quantitative estimate of drug-likeness (QED) is 0.791. The van der Waals surface area contributed by atoms with Crippen molar-refractivity contribution < 1.29 is 21.6 Å². The first kappa shape index (κ1) is 13.3. The first-order valence-electron chi connectivity index (χ1n) is 3.67. The first-order chi connectivity index (χ1) is 7.73. The van der Waals surface area contributed by atoms with Crippen molar-refractivity contribution in [2.24, 2.45) is 0 Å². The molecule has 1 rings (SSSR count). The Labute approximate surface area is 96.8 Å². The van der Waals surface area contributed by atoms with Gasteiger partial charge in [0, 0.05) is 0 Å². The van der Waals surface area contributed by atoms with Crippen molar-refractivity contribution in [2.75, 3.05) is 0 Å². The molecule has 0 aliphatic heterocycles. The molecular weight excluding hydrogens is 281 g/mol. The second-order valence-electron chi connectivity index (χ2n) is 2.55. The van der Waals surface area contributed by atoms with Crippen LogP contribution in [-0.4, -0.2) is 23.9 Å². The Balaban J connectivity index is 3.25. The highest BCUT2D eigenvalue weighted by Crippen LogP contribution is 2.33. The van der Waals surface area contributed by atoms with E-state index in [1.165, 1.54) is 0 Å². The van der Waals surface area contributed by atoms with Crippen LogP contribution in [-0.2, 0) is 16.0 Å². The minimum absolute atomic E-state index is 0.232. The maximum absolute atomic E-state index is 12.1. The lowest BCUT2D eigenvalue weighted by atomic mass is 10.5. The van der Waals surface area contributed by atoms with Crippen LogP contribution in [0.4, 0.5) is 13.2 Å². The molecule has 1 aromatic heterocycles. The van der Waals surface area contributed by atoms with Crippen molar-refractivity contribution in [1.82, 2.24) is 10.2 Å². The van der Waals surface area contributed by atoms with Crippen LogP contribution < -0.4 is 0 Å². The molecule has 0 unspecified atom stereocenters. The fourth-order valence-corrected chi connectivity index (χ4v) is 2.78. The highest BCUT2D eigenvalue weighted by atomic mass is 32.2. The van der Waals surface area contributed by atoms with Crippen LogP contribution in [0.25, 0.3) is 0 Å². The molecule has 11 heteroatoms. The topological polar surface area (TPSA) is 108 Å². The van der Waals surface area contributed by atoms with E-state index in [2.05, 4.69) is 10.2 Å². The SMILES string of the molecule is N#CC(C#N)S(=O)(=O)c1nnc(C(F)(F)F)s1. The van der Waals surface area contributed by atoms with E-state index in [4.69, 9.17) is 10.5 Å². The molecule has 0 amide bonds. The molecule has 0 aromatic carbocycles. The Hall–Kier alpha value is -1.72. The van der Waals surface area contributed by atoms with Gasteiger partial charge in [-0.1, -0.05) is 11.3 Å². The number of nitrogens with zero attached hydrogens (tertiary/aromatic N) is 4. The number of hydrogen-bond acceptors (Lipinski definition) is 7. The number of rotatable bonds is 2. The number of aromatic nitrogens is 2. The molecule has 17 heavy (non-hydrogen) atoms. The molecule has 0 saturated carbocycles. The van der Waals surface area contributed by atoms with Gasteiger partial charge in [0.2, 0.25) is 24.4 Å². The summed E-state index contributed by atoms with van der Waals surface area (Å²) in [6, 6.07) is 2.29. The van der Waals surface area contributed by atoms with E-state index in [-0.39, 0.29) is 11.3 Å². The number of hydrogen-bond donors (Lipinski definition) is 0. The van der Waals surface area contributed by atoms with Gasteiger partial charge >= 0.3 is 6.18 Å². The lowest BCUT2D eigenvalue weighted by Crippen LogP contribution is -2.17. The van der Waals surface area contributed by atoms with Crippen molar-refractivity contribution >= 4 is 21.2 Å². The third kappa shape index (κ3) is 2.51. The molecule has 0 saturated heterocycles. The minimum Gasteiger partial charge on any atom is -0.219 e. The summed E-state index contributed by atoms with van der Waals surface area (Å²) in [5.74, 6) is 0. The number of alkyl halides is 3. The second-order valence-corrected chi connectivity index (χ2v) is 5.74. The average Bonchev–Trinajstić information content (AvgIpc) is 2.67. The molecule has 0 fully saturated rings. The van der Waals surface area contributed by atoms with Crippen LogP contribution in [0.5, 0.6) is 0 Å². The molecule has 1 aromatic rings. The Morgan fingerprint density at radius 3 is 2.12 bits per heavy atom. The summed E-state index contributed by atoms with van der Waals surface area (Å²) in [4.78, 5) is 0. The second kappa shape index (κ2) is 4.27. The van der Waals surface area contributed by atoms with Crippen molar-refractivity contribution in [3.63, 3.8) is 0 Å². The zero-order valence-corrected chi connectivity index (χ0v) is 9.27. The summed E-state index contributed by atoms with van der Waals surface area (Å²) >= 11 is -0.232. The van der Waals surface area contributed by atoms with Gasteiger partial charge in [-0.25, -0.2) is 8.42 Å². The Kier molecular flexibility index (Phi) is 3.35. The normalized spacial score (nSPS) is 12.1. The van der Waals surface area contributed by atoms with Gasteiger partial charge in [-0.15, -0.1) is 10.2 Å². The third-order valence-electron chi connectivity index (χ3n) is 1.44. The molecule has 90 valence electrons. The summed E-state index contributed by atoms with van der Waals surface area (Å²) in [6.45, 7) is 0. The lowest BCUT2D eigenvalue weighted by Gasteiger charge is -1.98. The Bertz CT molecular complexity index is 592. The fraction of sp³-hybridized carbons (Fsp3) is 0.333. The first-order valence-corrected chi connectivity index (χ1v) is 6.03. The summed E-state index contributed by atoms with van der Waals surface area (Å²) in [5.41, 5.74) is 0. The number of sulfone groups is 1. The van der Waals surface area contributed by atoms with Crippen molar-refractivity contribution in [2.45, 2.75) is 15.8 Å². The van der Waals surface area contributed by atoms with Gasteiger partial charge in [0.25, 0.3) is 0 Å². The predicted octanol–water partition coefficient (Wildman–Crippen LogP) is 0.746. The summed E-state index contributed by atoms with van der Waals surface area (Å²) in [5, 5.41) is 18.7. The van der Waals surface area contributed by atoms with Gasteiger partial charge in [-0.3, -0.25) is 0 Å². The van der Waals surface area contributed by atoms with Gasteiger partial charge in [-0.2, -0.15) is 23.7 Å². The van der Waals surface area contributed by atoms with E-state index in [0.29, 0.717) is 0 Å². The molecular formula is C6HF3N4O2S2. The van der Waals surface area contributed by atoms with E-state index in [0.717, 1.165) is 12.1 Å². The molecule has 0 bridgehead atoms. The number of nitriles is 2. The van der Waals surface area contributed by atoms with Crippen LogP contribution in [0, 0.1) is 22.7 Å². The third-order valence-corrected chi connectivity index (χ3v) is 4.55. The fourth-order valence-electron chi connectivity index (χ4n) is 0.708. The van der Waals surface area contributed by atoms with Crippen molar-refractivity contribution in [3.8, 4) is 12.1 Å². The molecule has 0 N–H and O–H groups in total. The minimum atomic E-state index is -4.82. The van der Waals surface area contributed by atoms with Gasteiger partial charge < -0.3 is 0 Å². The lowest BCUT2D eigenvalue weighted by molar-refractivity contribution is -0.138. The summed E-state index contributed by atoms with van der Waals surface area (Å²) in [7, 11) is -4.52. The molecule has 6 nitrogen and oxygen atoms in total. The molecule has 1 heterocycles. The maximum atomic E-state index is 12.1. The maximum Gasteiger partial charge on any atom is 0.445 e. The monoisotopic (exact) mass is 282 g/mol. The van der Waals surface area contributed by atoms with Crippen LogP contribution in [0.15, 0.2) is 4.34 Å². The van der Waals surface area contributed by atoms with Crippen molar-refractivity contribution in [3.05, 3.63) is 5.01 Å². The van der Waals surface area contributed by atoms with Gasteiger partial charge in [0.1, 0.15) is 0 Å². The zero-order chi connectivity index (χ0) is 13.3.